The molecule has 0 unspecified atom stereocenters. The van der Waals surface area contributed by atoms with Gasteiger partial charge in [-0.2, -0.15) is 0 Å². The third-order valence-corrected chi connectivity index (χ3v) is 6.42. The average molecular weight is 545 g/mol. The fourth-order valence-corrected chi connectivity index (χ4v) is 4.22. The van der Waals surface area contributed by atoms with E-state index in [1.165, 1.54) is 0 Å². The van der Waals surface area contributed by atoms with Crippen LogP contribution in [-0.4, -0.2) is 49.4 Å². The van der Waals surface area contributed by atoms with Crippen molar-refractivity contribution in [3.63, 3.8) is 0 Å². The average Bonchev–Trinajstić information content (AvgIpc) is 3.43. The summed E-state index contributed by atoms with van der Waals surface area (Å²) in [5.41, 5.74) is 16.7. The van der Waals surface area contributed by atoms with Crippen LogP contribution in [-0.2, 0) is 29.0 Å². The van der Waals surface area contributed by atoms with Gasteiger partial charge >= 0.3 is 0 Å². The van der Waals surface area contributed by atoms with E-state index >= 15 is 0 Å². The molecule has 1 heterocycles. The number of amides is 1. The van der Waals surface area contributed by atoms with Crippen LogP contribution in [0.15, 0.2) is 82.9 Å². The molecule has 11 heteroatoms. The fraction of sp³-hybridized carbons (Fsp3) is 0.310. The summed E-state index contributed by atoms with van der Waals surface area (Å²) in [6, 6.07) is 22.2. The minimum absolute atomic E-state index is 0.0307. The Bertz CT molecular complexity index is 1360. The van der Waals surface area contributed by atoms with Crippen LogP contribution in [0.5, 0.6) is 11.5 Å². The zero-order valence-corrected chi connectivity index (χ0v) is 22.2. The number of carbonyl (C=O) groups excluding carboxylic acids is 1. The van der Waals surface area contributed by atoms with Gasteiger partial charge in [-0.3, -0.25) is 10.2 Å². The van der Waals surface area contributed by atoms with Crippen molar-refractivity contribution in [3.8, 4) is 11.5 Å². The summed E-state index contributed by atoms with van der Waals surface area (Å²) in [5.74, 6) is 1.41. The number of hydrazine groups is 1. The molecule has 0 aliphatic carbocycles. The predicted octanol–water partition coefficient (Wildman–Crippen LogP) is 3.85. The molecule has 4 rings (SSSR count). The first kappa shape index (κ1) is 28.4. The van der Waals surface area contributed by atoms with E-state index in [4.69, 9.17) is 29.8 Å². The highest BCUT2D eigenvalue weighted by Gasteiger charge is 2.45. The number of azide groups is 1. The maximum Gasteiger partial charge on any atom is 0.266 e. The Balaban J connectivity index is 1.55. The molecule has 208 valence electrons. The fourth-order valence-electron chi connectivity index (χ4n) is 4.22. The van der Waals surface area contributed by atoms with Crippen LogP contribution in [0.25, 0.3) is 10.4 Å². The topological polar surface area (TPSA) is 150 Å². The van der Waals surface area contributed by atoms with Crippen LogP contribution in [0.4, 0.5) is 0 Å². The molecule has 1 atom stereocenters. The van der Waals surface area contributed by atoms with Gasteiger partial charge in [0.2, 0.25) is 5.90 Å². The van der Waals surface area contributed by atoms with E-state index in [1.54, 1.807) is 19.2 Å². The minimum atomic E-state index is -1.26. The van der Waals surface area contributed by atoms with E-state index in [1.807, 2.05) is 60.7 Å². The molecule has 3 N–H and O–H groups in total. The van der Waals surface area contributed by atoms with E-state index in [2.05, 4.69) is 20.9 Å². The van der Waals surface area contributed by atoms with Gasteiger partial charge in [0.15, 0.2) is 5.54 Å². The zero-order valence-electron chi connectivity index (χ0n) is 22.2. The molecule has 40 heavy (non-hydrogen) atoms. The molecule has 1 amide bonds. The molecule has 0 spiro atoms. The molecule has 0 radical (unpaired) electrons. The maximum atomic E-state index is 13.7. The summed E-state index contributed by atoms with van der Waals surface area (Å²) in [6.45, 7) is 1.07. The lowest BCUT2D eigenvalue weighted by Gasteiger charge is -2.24. The zero-order chi connectivity index (χ0) is 28.2. The number of nitrogens with one attached hydrogen (secondary N) is 2. The largest absolute Gasteiger partial charge is 0.497 e. The Hall–Kier alpha value is -4.57. The van der Waals surface area contributed by atoms with E-state index in [0.29, 0.717) is 36.8 Å². The molecule has 3 aromatic carbocycles. The lowest BCUT2D eigenvalue weighted by atomic mass is 9.89. The number of carbonyl (C=O) groups is 1. The SMILES string of the molecule is COc1ccc(CNNC(=O)[C@]2(Cc3ccccc3CN=[N+]=[N-])COC(c3ccc(OCCCO)cc3)=N2)cc1. The quantitative estimate of drug-likeness (QED) is 0.0922. The molecule has 1 aliphatic heterocycles. The van der Waals surface area contributed by atoms with Gasteiger partial charge in [0.1, 0.15) is 18.1 Å². The number of ether oxygens (including phenoxy) is 3. The molecule has 3 aromatic rings. The second kappa shape index (κ2) is 14.0. The highest BCUT2D eigenvalue weighted by atomic mass is 16.5. The number of benzene rings is 3. The lowest BCUT2D eigenvalue weighted by molar-refractivity contribution is -0.127. The molecule has 0 saturated carbocycles. The van der Waals surface area contributed by atoms with Gasteiger partial charge in [-0.05, 0) is 58.6 Å². The molecule has 11 nitrogen and oxygen atoms in total. The monoisotopic (exact) mass is 544 g/mol. The number of hydrogen-bond donors (Lipinski definition) is 3. The van der Waals surface area contributed by atoms with Gasteiger partial charge in [0, 0.05) is 36.5 Å². The van der Waals surface area contributed by atoms with Crippen LogP contribution >= 0.6 is 0 Å². The summed E-state index contributed by atoms with van der Waals surface area (Å²) in [5, 5.41) is 12.7. The van der Waals surface area contributed by atoms with Gasteiger partial charge in [0.05, 0.1) is 20.3 Å². The summed E-state index contributed by atoms with van der Waals surface area (Å²) >= 11 is 0. The summed E-state index contributed by atoms with van der Waals surface area (Å²) in [4.78, 5) is 21.3. The smallest absolute Gasteiger partial charge is 0.266 e. The molecular formula is C29H32N6O5. The predicted molar refractivity (Wildman–Crippen MR) is 150 cm³/mol. The molecular weight excluding hydrogens is 512 g/mol. The Kier molecular flexibility index (Phi) is 9.95. The van der Waals surface area contributed by atoms with Gasteiger partial charge < -0.3 is 19.3 Å². The number of nitrogens with zero attached hydrogens (tertiary/aromatic N) is 4. The highest BCUT2D eigenvalue weighted by Crippen LogP contribution is 2.29. The first-order valence-corrected chi connectivity index (χ1v) is 12.9. The van der Waals surface area contributed by atoms with Crippen LogP contribution in [0.1, 0.15) is 28.7 Å². The van der Waals surface area contributed by atoms with Crippen LogP contribution in [0.3, 0.4) is 0 Å². The molecule has 1 aliphatic rings. The van der Waals surface area contributed by atoms with Crippen molar-refractivity contribution in [2.45, 2.75) is 31.5 Å². The van der Waals surface area contributed by atoms with E-state index in [-0.39, 0.29) is 32.1 Å². The van der Waals surface area contributed by atoms with Crippen LogP contribution < -0.4 is 20.3 Å². The third-order valence-electron chi connectivity index (χ3n) is 6.42. The standard InChI is InChI=1S/C29H32N6O5/c1-38-25-11-7-21(8-12-25)18-31-34-28(37)29(17-23-5-2-3-6-24(23)19-32-35-30)20-40-27(33-29)22-9-13-26(14-10-22)39-16-4-15-36/h2-3,5-14,31,36H,4,15-20H2,1H3,(H,34,37)/t29-/m0/s1. The van der Waals surface area contributed by atoms with Gasteiger partial charge in [-0.15, -0.1) is 0 Å². The van der Waals surface area contributed by atoms with Crippen molar-refractivity contribution in [2.24, 2.45) is 10.1 Å². The minimum Gasteiger partial charge on any atom is -0.497 e. The Morgan fingerprint density at radius 1 is 1.10 bits per heavy atom. The summed E-state index contributed by atoms with van der Waals surface area (Å²) < 4.78 is 16.8. The molecule has 0 aromatic heterocycles. The van der Waals surface area contributed by atoms with E-state index in [9.17, 15) is 4.79 Å². The Labute approximate surface area is 232 Å². The van der Waals surface area contributed by atoms with Crippen molar-refractivity contribution in [1.82, 2.24) is 10.9 Å². The first-order valence-electron chi connectivity index (χ1n) is 12.9. The summed E-state index contributed by atoms with van der Waals surface area (Å²) in [6.07, 6.45) is 0.787. The second-order valence-corrected chi connectivity index (χ2v) is 9.18. The number of rotatable bonds is 14. The van der Waals surface area contributed by atoms with Gasteiger partial charge in [-0.1, -0.05) is 41.5 Å². The Morgan fingerprint density at radius 2 is 1.82 bits per heavy atom. The van der Waals surface area contributed by atoms with Gasteiger partial charge in [-0.25, -0.2) is 10.4 Å². The van der Waals surface area contributed by atoms with Crippen molar-refractivity contribution in [2.75, 3.05) is 26.9 Å². The maximum absolute atomic E-state index is 13.7. The van der Waals surface area contributed by atoms with Crippen molar-refractivity contribution in [1.29, 1.82) is 0 Å². The number of aliphatic imine (C=N–C) groups is 1. The number of hydrogen-bond acceptors (Lipinski definition) is 8. The first-order chi connectivity index (χ1) is 19.6. The van der Waals surface area contributed by atoms with E-state index in [0.717, 1.165) is 22.4 Å². The van der Waals surface area contributed by atoms with Crippen molar-refractivity contribution < 1.29 is 24.1 Å². The van der Waals surface area contributed by atoms with Gasteiger partial charge in [0.25, 0.3) is 5.91 Å². The molecule has 0 saturated heterocycles. The molecule has 0 bridgehead atoms. The summed E-state index contributed by atoms with van der Waals surface area (Å²) in [7, 11) is 1.61. The number of methoxy groups -OCH3 is 1. The van der Waals surface area contributed by atoms with Crippen molar-refractivity contribution in [3.05, 3.63) is 105 Å². The van der Waals surface area contributed by atoms with E-state index < -0.39 is 5.54 Å². The lowest BCUT2D eigenvalue weighted by Crippen LogP contribution is -2.52. The van der Waals surface area contributed by atoms with Crippen molar-refractivity contribution >= 4 is 11.8 Å². The highest BCUT2D eigenvalue weighted by molar-refractivity contribution is 6.00. The third kappa shape index (κ3) is 7.29. The van der Waals surface area contributed by atoms with Crippen LogP contribution in [0.2, 0.25) is 0 Å². The number of aliphatic hydroxyl groups is 1. The second-order valence-electron chi connectivity index (χ2n) is 9.18. The normalized spacial score (nSPS) is 15.9. The number of aliphatic hydroxyl groups excluding tert-OH is 1. The Morgan fingerprint density at radius 3 is 2.52 bits per heavy atom. The van der Waals surface area contributed by atoms with Crippen LogP contribution in [0, 0.1) is 0 Å². The molecule has 0 fully saturated rings.